The molecule has 1 atom stereocenters. The molecule has 0 aliphatic carbocycles. The fourth-order valence-electron chi connectivity index (χ4n) is 3.74. The van der Waals surface area contributed by atoms with Crippen molar-refractivity contribution < 1.29 is 14.3 Å². The van der Waals surface area contributed by atoms with E-state index in [1.807, 2.05) is 24.2 Å². The standard InChI is InChI=1S/C19H21N3O3/c1-21-10-5-9-15(21)16-8-2-3-11-22(16)19(24)13-6-4-7-14-18(13)25-12-17(23)20-14/h4-7,9-10,16H,2-3,8,11-12H2,1H3,(H,20,23). The lowest BCUT2D eigenvalue weighted by Crippen LogP contribution is -2.39. The van der Waals surface area contributed by atoms with E-state index in [0.717, 1.165) is 31.5 Å². The molecular formula is C19H21N3O3. The lowest BCUT2D eigenvalue weighted by molar-refractivity contribution is -0.118. The maximum Gasteiger partial charge on any atom is 0.262 e. The SMILES string of the molecule is Cn1cccc1C1CCCCN1C(=O)c1cccc2c1OCC(=O)N2. The number of hydrogen-bond donors (Lipinski definition) is 1. The van der Waals surface area contributed by atoms with Gasteiger partial charge in [-0.3, -0.25) is 9.59 Å². The van der Waals surface area contributed by atoms with Gasteiger partial charge in [0.2, 0.25) is 0 Å². The first-order valence-electron chi connectivity index (χ1n) is 8.63. The number of hydrogen-bond acceptors (Lipinski definition) is 3. The van der Waals surface area contributed by atoms with Crippen LogP contribution in [0.4, 0.5) is 5.69 Å². The summed E-state index contributed by atoms with van der Waals surface area (Å²) in [5.41, 5.74) is 2.22. The molecule has 0 bridgehead atoms. The van der Waals surface area contributed by atoms with Gasteiger partial charge in [0.15, 0.2) is 12.4 Å². The Morgan fingerprint density at radius 2 is 2.12 bits per heavy atom. The third-order valence-corrected chi connectivity index (χ3v) is 4.96. The van der Waals surface area contributed by atoms with Crippen LogP contribution < -0.4 is 10.1 Å². The molecule has 4 rings (SSSR count). The van der Waals surface area contributed by atoms with E-state index in [1.54, 1.807) is 18.2 Å². The Morgan fingerprint density at radius 1 is 1.24 bits per heavy atom. The number of rotatable bonds is 2. The van der Waals surface area contributed by atoms with Crippen LogP contribution in [-0.2, 0) is 11.8 Å². The molecule has 1 unspecified atom stereocenters. The van der Waals surface area contributed by atoms with Crippen LogP contribution in [0.15, 0.2) is 36.5 Å². The average Bonchev–Trinajstić information content (AvgIpc) is 3.06. The third kappa shape index (κ3) is 2.77. The van der Waals surface area contributed by atoms with E-state index in [0.29, 0.717) is 17.0 Å². The summed E-state index contributed by atoms with van der Waals surface area (Å²) in [7, 11) is 2.01. The molecule has 2 aliphatic heterocycles. The zero-order chi connectivity index (χ0) is 17.4. The fraction of sp³-hybridized carbons (Fsp3) is 0.368. The largest absolute Gasteiger partial charge is 0.481 e. The number of anilines is 1. The van der Waals surface area contributed by atoms with Gasteiger partial charge in [0.05, 0.1) is 17.3 Å². The molecule has 1 fully saturated rings. The number of amides is 2. The first-order valence-corrected chi connectivity index (χ1v) is 8.63. The van der Waals surface area contributed by atoms with E-state index in [1.165, 1.54) is 0 Å². The zero-order valence-corrected chi connectivity index (χ0v) is 14.2. The number of piperidine rings is 1. The average molecular weight is 339 g/mol. The molecule has 25 heavy (non-hydrogen) atoms. The summed E-state index contributed by atoms with van der Waals surface area (Å²) in [6.07, 6.45) is 5.07. The minimum atomic E-state index is -0.197. The number of nitrogens with one attached hydrogen (secondary N) is 1. The summed E-state index contributed by atoms with van der Waals surface area (Å²) in [4.78, 5) is 26.8. The number of carbonyl (C=O) groups is 2. The van der Waals surface area contributed by atoms with Crippen LogP contribution in [-0.4, -0.2) is 34.4 Å². The Balaban J connectivity index is 1.69. The Hall–Kier alpha value is -2.76. The summed E-state index contributed by atoms with van der Waals surface area (Å²) in [6, 6.07) is 9.46. The Morgan fingerprint density at radius 3 is 2.92 bits per heavy atom. The molecule has 3 heterocycles. The Bertz CT molecular complexity index is 827. The van der Waals surface area contributed by atoms with Crippen molar-refractivity contribution in [2.45, 2.75) is 25.3 Å². The number of likely N-dealkylation sites (tertiary alicyclic amines) is 1. The molecule has 2 aliphatic rings. The highest BCUT2D eigenvalue weighted by atomic mass is 16.5. The molecule has 0 saturated carbocycles. The molecule has 6 nitrogen and oxygen atoms in total. The van der Waals surface area contributed by atoms with Crippen LogP contribution in [0.1, 0.15) is 41.4 Å². The summed E-state index contributed by atoms with van der Waals surface area (Å²) >= 11 is 0. The molecule has 1 aromatic carbocycles. The molecule has 1 N–H and O–H groups in total. The van der Waals surface area contributed by atoms with Crippen molar-refractivity contribution in [2.24, 2.45) is 7.05 Å². The molecule has 1 aromatic heterocycles. The fourth-order valence-corrected chi connectivity index (χ4v) is 3.74. The zero-order valence-electron chi connectivity index (χ0n) is 14.2. The van der Waals surface area contributed by atoms with Crippen molar-refractivity contribution in [1.82, 2.24) is 9.47 Å². The minimum absolute atomic E-state index is 0.0427. The maximum atomic E-state index is 13.3. The van der Waals surface area contributed by atoms with Crippen LogP contribution in [0.25, 0.3) is 0 Å². The second-order valence-corrected chi connectivity index (χ2v) is 6.57. The lowest BCUT2D eigenvalue weighted by atomic mass is 9.97. The van der Waals surface area contributed by atoms with Crippen LogP contribution >= 0.6 is 0 Å². The van der Waals surface area contributed by atoms with Crippen LogP contribution in [0.3, 0.4) is 0 Å². The predicted octanol–water partition coefficient (Wildman–Crippen LogP) is 2.72. The van der Waals surface area contributed by atoms with Crippen molar-refractivity contribution in [3.63, 3.8) is 0 Å². The Labute approximate surface area is 146 Å². The number of nitrogens with zero attached hydrogens (tertiary/aromatic N) is 2. The first kappa shape index (κ1) is 15.7. The highest BCUT2D eigenvalue weighted by molar-refractivity contribution is 6.03. The highest BCUT2D eigenvalue weighted by Gasteiger charge is 2.32. The topological polar surface area (TPSA) is 63.6 Å². The van der Waals surface area contributed by atoms with E-state index in [9.17, 15) is 9.59 Å². The molecule has 2 aromatic rings. The van der Waals surface area contributed by atoms with Gasteiger partial charge in [-0.2, -0.15) is 0 Å². The van der Waals surface area contributed by atoms with Crippen LogP contribution in [0.2, 0.25) is 0 Å². The van der Waals surface area contributed by atoms with Gasteiger partial charge < -0.3 is 19.5 Å². The van der Waals surface area contributed by atoms with E-state index in [2.05, 4.69) is 16.0 Å². The van der Waals surface area contributed by atoms with Gasteiger partial charge in [-0.25, -0.2) is 0 Å². The summed E-state index contributed by atoms with van der Waals surface area (Å²) < 4.78 is 7.64. The van der Waals surface area contributed by atoms with E-state index in [4.69, 9.17) is 4.74 Å². The minimum Gasteiger partial charge on any atom is -0.481 e. The monoisotopic (exact) mass is 339 g/mol. The predicted molar refractivity (Wildman–Crippen MR) is 93.6 cm³/mol. The molecule has 0 radical (unpaired) electrons. The van der Waals surface area contributed by atoms with Gasteiger partial charge in [-0.05, 0) is 43.5 Å². The lowest BCUT2D eigenvalue weighted by Gasteiger charge is -2.36. The van der Waals surface area contributed by atoms with Crippen molar-refractivity contribution in [2.75, 3.05) is 18.5 Å². The number of ether oxygens (including phenoxy) is 1. The maximum absolute atomic E-state index is 13.3. The van der Waals surface area contributed by atoms with Crippen molar-refractivity contribution in [1.29, 1.82) is 0 Å². The molecule has 2 amide bonds. The van der Waals surface area contributed by atoms with Gasteiger partial charge in [-0.15, -0.1) is 0 Å². The number of para-hydroxylation sites is 1. The summed E-state index contributed by atoms with van der Waals surface area (Å²) in [6.45, 7) is 0.670. The quantitative estimate of drug-likeness (QED) is 0.915. The Kier molecular flexibility index (Phi) is 3.95. The van der Waals surface area contributed by atoms with Crippen molar-refractivity contribution in [3.05, 3.63) is 47.8 Å². The van der Waals surface area contributed by atoms with Gasteiger partial charge >= 0.3 is 0 Å². The number of benzene rings is 1. The number of carbonyl (C=O) groups excluding carboxylic acids is 2. The molecule has 6 heteroatoms. The summed E-state index contributed by atoms with van der Waals surface area (Å²) in [5, 5.41) is 2.77. The van der Waals surface area contributed by atoms with Crippen molar-refractivity contribution in [3.8, 4) is 5.75 Å². The first-order chi connectivity index (χ1) is 12.1. The normalized spacial score (nSPS) is 19.8. The number of aromatic nitrogens is 1. The van der Waals surface area contributed by atoms with E-state index >= 15 is 0 Å². The molecular weight excluding hydrogens is 318 g/mol. The molecule has 1 saturated heterocycles. The number of aryl methyl sites for hydroxylation is 1. The van der Waals surface area contributed by atoms with Gasteiger partial charge in [0, 0.05) is 25.5 Å². The van der Waals surface area contributed by atoms with E-state index in [-0.39, 0.29) is 24.5 Å². The third-order valence-electron chi connectivity index (χ3n) is 4.96. The smallest absolute Gasteiger partial charge is 0.262 e. The molecule has 130 valence electrons. The van der Waals surface area contributed by atoms with Crippen LogP contribution in [0, 0.1) is 0 Å². The van der Waals surface area contributed by atoms with Gasteiger partial charge in [0.25, 0.3) is 11.8 Å². The van der Waals surface area contributed by atoms with Crippen molar-refractivity contribution >= 4 is 17.5 Å². The summed E-state index contributed by atoms with van der Waals surface area (Å²) in [5.74, 6) is 0.235. The highest BCUT2D eigenvalue weighted by Crippen LogP contribution is 2.36. The molecule has 0 spiro atoms. The second-order valence-electron chi connectivity index (χ2n) is 6.57. The number of fused-ring (bicyclic) bond motifs is 1. The van der Waals surface area contributed by atoms with E-state index < -0.39 is 0 Å². The van der Waals surface area contributed by atoms with Gasteiger partial charge in [-0.1, -0.05) is 6.07 Å². The van der Waals surface area contributed by atoms with Gasteiger partial charge in [0.1, 0.15) is 0 Å². The second kappa shape index (κ2) is 6.27. The van der Waals surface area contributed by atoms with Crippen LogP contribution in [0.5, 0.6) is 5.75 Å².